The molecule has 1 saturated heterocycles. The first-order chi connectivity index (χ1) is 11.8. The van der Waals surface area contributed by atoms with Crippen molar-refractivity contribution in [2.75, 3.05) is 33.4 Å². The number of benzene rings is 2. The van der Waals surface area contributed by atoms with Gasteiger partial charge in [-0.3, -0.25) is 4.79 Å². The molecule has 0 aliphatic carbocycles. The average molecular weight is 327 g/mol. The van der Waals surface area contributed by atoms with Crippen molar-refractivity contribution in [1.82, 2.24) is 4.90 Å². The van der Waals surface area contributed by atoms with E-state index in [0.29, 0.717) is 19.6 Å². The van der Waals surface area contributed by atoms with Crippen molar-refractivity contribution < 1.29 is 14.3 Å². The predicted octanol–water partition coefficient (Wildman–Crippen LogP) is 3.04. The van der Waals surface area contributed by atoms with Crippen LogP contribution in [-0.4, -0.2) is 50.3 Å². The highest BCUT2D eigenvalue weighted by molar-refractivity contribution is 5.90. The van der Waals surface area contributed by atoms with Crippen LogP contribution >= 0.6 is 0 Å². The van der Waals surface area contributed by atoms with Gasteiger partial charge in [-0.1, -0.05) is 42.5 Å². The Hall–Kier alpha value is -1.91. The molecule has 1 amide bonds. The number of ether oxygens (including phenoxy) is 2. The van der Waals surface area contributed by atoms with E-state index >= 15 is 0 Å². The predicted molar refractivity (Wildman–Crippen MR) is 95.1 cm³/mol. The van der Waals surface area contributed by atoms with E-state index < -0.39 is 0 Å². The molecule has 0 bridgehead atoms. The number of piperidine rings is 1. The number of carbonyl (C=O) groups excluding carboxylic acids is 1. The molecule has 0 atom stereocenters. The topological polar surface area (TPSA) is 38.8 Å². The number of amides is 1. The van der Waals surface area contributed by atoms with Crippen LogP contribution in [-0.2, 0) is 20.7 Å². The quantitative estimate of drug-likeness (QED) is 0.766. The minimum Gasteiger partial charge on any atom is -0.382 e. The summed E-state index contributed by atoms with van der Waals surface area (Å²) in [5.41, 5.74) is 1.11. The van der Waals surface area contributed by atoms with Gasteiger partial charge >= 0.3 is 0 Å². The number of nitrogens with zero attached hydrogens (tertiary/aromatic N) is 1. The van der Waals surface area contributed by atoms with Crippen LogP contribution < -0.4 is 0 Å². The van der Waals surface area contributed by atoms with Gasteiger partial charge in [0.25, 0.3) is 0 Å². The van der Waals surface area contributed by atoms with Crippen molar-refractivity contribution in [2.45, 2.75) is 25.4 Å². The average Bonchev–Trinajstić information content (AvgIpc) is 2.63. The Morgan fingerprint density at radius 1 is 1.08 bits per heavy atom. The highest BCUT2D eigenvalue weighted by Gasteiger charge is 2.23. The molecular weight excluding hydrogens is 302 g/mol. The molecule has 1 aliphatic rings. The molecule has 0 saturated carbocycles. The van der Waals surface area contributed by atoms with Crippen LogP contribution in [0.1, 0.15) is 18.4 Å². The van der Waals surface area contributed by atoms with Crippen molar-refractivity contribution in [3.8, 4) is 0 Å². The third-order valence-corrected chi connectivity index (χ3v) is 4.66. The first kappa shape index (κ1) is 16.9. The minimum atomic E-state index is 0.210. The first-order valence-corrected chi connectivity index (χ1v) is 8.63. The maximum Gasteiger partial charge on any atom is 0.227 e. The fourth-order valence-corrected chi connectivity index (χ4v) is 3.29. The third kappa shape index (κ3) is 4.13. The Balaban J connectivity index is 1.56. The Morgan fingerprint density at radius 3 is 2.62 bits per heavy atom. The lowest BCUT2D eigenvalue weighted by molar-refractivity contribution is -0.133. The van der Waals surface area contributed by atoms with Crippen LogP contribution in [0.25, 0.3) is 10.8 Å². The molecule has 128 valence electrons. The van der Waals surface area contributed by atoms with Crippen molar-refractivity contribution in [1.29, 1.82) is 0 Å². The fraction of sp³-hybridized carbons (Fsp3) is 0.450. The van der Waals surface area contributed by atoms with Gasteiger partial charge in [-0.25, -0.2) is 0 Å². The number of rotatable bonds is 6. The van der Waals surface area contributed by atoms with Crippen LogP contribution in [0.5, 0.6) is 0 Å². The number of likely N-dealkylation sites (tertiary alicyclic amines) is 1. The van der Waals surface area contributed by atoms with Crippen LogP contribution in [0.15, 0.2) is 42.5 Å². The smallest absolute Gasteiger partial charge is 0.227 e. The molecule has 0 spiro atoms. The van der Waals surface area contributed by atoms with Crippen LogP contribution in [0, 0.1) is 0 Å². The summed E-state index contributed by atoms with van der Waals surface area (Å²) < 4.78 is 10.8. The molecule has 1 aliphatic heterocycles. The van der Waals surface area contributed by atoms with E-state index in [0.717, 1.165) is 31.5 Å². The zero-order chi connectivity index (χ0) is 16.8. The summed E-state index contributed by atoms with van der Waals surface area (Å²) in [6.07, 6.45) is 2.54. The highest BCUT2D eigenvalue weighted by atomic mass is 16.5. The van der Waals surface area contributed by atoms with Crippen molar-refractivity contribution in [3.63, 3.8) is 0 Å². The zero-order valence-corrected chi connectivity index (χ0v) is 14.2. The lowest BCUT2D eigenvalue weighted by atomic mass is 10.0. The molecule has 3 rings (SSSR count). The molecule has 1 heterocycles. The Labute approximate surface area is 143 Å². The summed E-state index contributed by atoms with van der Waals surface area (Å²) in [6.45, 7) is 2.81. The normalized spacial score (nSPS) is 15.8. The fourth-order valence-electron chi connectivity index (χ4n) is 3.29. The van der Waals surface area contributed by atoms with Crippen LogP contribution in [0.2, 0.25) is 0 Å². The number of hydrogen-bond donors (Lipinski definition) is 0. The number of methoxy groups -OCH3 is 1. The number of hydrogen-bond acceptors (Lipinski definition) is 3. The molecule has 0 N–H and O–H groups in total. The molecule has 24 heavy (non-hydrogen) atoms. The lowest BCUT2D eigenvalue weighted by Gasteiger charge is -2.32. The summed E-state index contributed by atoms with van der Waals surface area (Å²) in [7, 11) is 1.68. The third-order valence-electron chi connectivity index (χ3n) is 4.66. The molecule has 2 aromatic rings. The molecule has 0 aromatic heterocycles. The van der Waals surface area contributed by atoms with E-state index in [2.05, 4.69) is 24.3 Å². The van der Waals surface area contributed by atoms with Crippen molar-refractivity contribution in [3.05, 3.63) is 48.0 Å². The van der Waals surface area contributed by atoms with Gasteiger partial charge in [0.05, 0.1) is 25.7 Å². The van der Waals surface area contributed by atoms with Gasteiger partial charge in [-0.2, -0.15) is 0 Å². The van der Waals surface area contributed by atoms with Gasteiger partial charge in [0.15, 0.2) is 0 Å². The number of carbonyl (C=O) groups is 1. The summed E-state index contributed by atoms with van der Waals surface area (Å²) in [6, 6.07) is 14.4. The molecule has 4 nitrogen and oxygen atoms in total. The standard InChI is InChI=1S/C20H25NO3/c1-23-13-14-24-18-9-11-21(12-10-18)20(22)15-17-7-4-6-16-5-2-3-8-19(16)17/h2-8,18H,9-15H2,1H3. The van der Waals surface area contributed by atoms with Crippen molar-refractivity contribution in [2.24, 2.45) is 0 Å². The lowest BCUT2D eigenvalue weighted by Crippen LogP contribution is -2.41. The Kier molecular flexibility index (Phi) is 5.83. The zero-order valence-electron chi connectivity index (χ0n) is 14.2. The van der Waals surface area contributed by atoms with Gasteiger partial charge in [-0.05, 0) is 29.2 Å². The summed E-state index contributed by atoms with van der Waals surface area (Å²) in [5, 5.41) is 2.36. The highest BCUT2D eigenvalue weighted by Crippen LogP contribution is 2.21. The first-order valence-electron chi connectivity index (χ1n) is 8.63. The Morgan fingerprint density at radius 2 is 1.83 bits per heavy atom. The van der Waals surface area contributed by atoms with Gasteiger partial charge in [-0.15, -0.1) is 0 Å². The number of fused-ring (bicyclic) bond motifs is 1. The van der Waals surface area contributed by atoms with E-state index in [-0.39, 0.29) is 12.0 Å². The summed E-state index contributed by atoms with van der Waals surface area (Å²) in [5.74, 6) is 0.210. The van der Waals surface area contributed by atoms with Gasteiger partial charge in [0.1, 0.15) is 0 Å². The van der Waals surface area contributed by atoms with Gasteiger partial charge in [0.2, 0.25) is 5.91 Å². The molecule has 0 radical (unpaired) electrons. The largest absolute Gasteiger partial charge is 0.382 e. The molecular formula is C20H25NO3. The Bertz CT molecular complexity index is 672. The van der Waals surface area contributed by atoms with Crippen molar-refractivity contribution >= 4 is 16.7 Å². The second-order valence-electron chi connectivity index (χ2n) is 6.26. The van der Waals surface area contributed by atoms with Crippen LogP contribution in [0.4, 0.5) is 0 Å². The van der Waals surface area contributed by atoms with Crippen LogP contribution in [0.3, 0.4) is 0 Å². The molecule has 4 heteroatoms. The molecule has 2 aromatic carbocycles. The molecule has 0 unspecified atom stereocenters. The van der Waals surface area contributed by atoms with E-state index in [9.17, 15) is 4.79 Å². The minimum absolute atomic E-state index is 0.210. The van der Waals surface area contributed by atoms with E-state index in [1.807, 2.05) is 23.1 Å². The summed E-state index contributed by atoms with van der Waals surface area (Å²) in [4.78, 5) is 14.6. The van der Waals surface area contributed by atoms with Gasteiger partial charge in [0, 0.05) is 20.2 Å². The maximum atomic E-state index is 12.6. The molecule has 1 fully saturated rings. The maximum absolute atomic E-state index is 12.6. The SMILES string of the molecule is COCCOC1CCN(C(=O)Cc2cccc3ccccc23)CC1. The van der Waals surface area contributed by atoms with Gasteiger partial charge < -0.3 is 14.4 Å². The van der Waals surface area contributed by atoms with E-state index in [1.54, 1.807) is 7.11 Å². The van der Waals surface area contributed by atoms with E-state index in [1.165, 1.54) is 10.8 Å². The second-order valence-corrected chi connectivity index (χ2v) is 6.26. The monoisotopic (exact) mass is 327 g/mol. The second kappa shape index (κ2) is 8.27. The van der Waals surface area contributed by atoms with E-state index in [4.69, 9.17) is 9.47 Å². The summed E-state index contributed by atoms with van der Waals surface area (Å²) >= 11 is 0.